The number of benzene rings is 1. The van der Waals surface area contributed by atoms with Gasteiger partial charge in [0.15, 0.2) is 0 Å². The van der Waals surface area contributed by atoms with E-state index < -0.39 is 12.1 Å². The van der Waals surface area contributed by atoms with Crippen LogP contribution in [-0.4, -0.2) is 34.3 Å². The van der Waals surface area contributed by atoms with Crippen LogP contribution in [0.4, 0.5) is 0 Å². The van der Waals surface area contributed by atoms with Crippen LogP contribution in [0.3, 0.4) is 0 Å². The van der Waals surface area contributed by atoms with Crippen molar-refractivity contribution in [2.75, 3.05) is 6.61 Å². The van der Waals surface area contributed by atoms with Gasteiger partial charge in [0.25, 0.3) is 0 Å². The lowest BCUT2D eigenvalue weighted by molar-refractivity contribution is -0.137. The number of allylic oxidation sites excluding steroid dienone is 2. The highest BCUT2D eigenvalue weighted by Crippen LogP contribution is 2.41. The van der Waals surface area contributed by atoms with E-state index in [-0.39, 0.29) is 23.6 Å². The van der Waals surface area contributed by atoms with Gasteiger partial charge in [-0.25, -0.2) is 0 Å². The fraction of sp³-hybridized carbons (Fsp3) is 0.609. The molecule has 2 aliphatic rings. The highest BCUT2D eigenvalue weighted by molar-refractivity contribution is 6.21. The van der Waals surface area contributed by atoms with Crippen LogP contribution in [0.5, 0.6) is 5.75 Å². The number of ether oxygens (including phenoxy) is 1. The maximum atomic E-state index is 10.6. The lowest BCUT2D eigenvalue weighted by Gasteiger charge is -2.23. The number of unbranched alkanes of at least 4 members (excludes halogenated alkanes) is 1. The first kappa shape index (κ1) is 21.2. The third-order valence-corrected chi connectivity index (χ3v) is 6.77. The third kappa shape index (κ3) is 5.09. The van der Waals surface area contributed by atoms with Crippen molar-refractivity contribution in [3.05, 3.63) is 41.5 Å². The van der Waals surface area contributed by atoms with E-state index in [4.69, 9.17) is 21.4 Å². The lowest BCUT2D eigenvalue weighted by atomic mass is 9.92. The minimum atomic E-state index is -0.757. The molecule has 0 amide bonds. The number of alkyl halides is 1. The fourth-order valence-corrected chi connectivity index (χ4v) is 5.06. The van der Waals surface area contributed by atoms with E-state index in [0.29, 0.717) is 25.4 Å². The number of aliphatic hydroxyl groups is 1. The molecule has 1 aromatic rings. The minimum absolute atomic E-state index is 0.0147. The molecule has 5 heteroatoms. The monoisotopic (exact) mass is 406 g/mol. The van der Waals surface area contributed by atoms with Crippen molar-refractivity contribution in [3.8, 4) is 5.75 Å². The van der Waals surface area contributed by atoms with Crippen LogP contribution in [0, 0.1) is 11.8 Å². The van der Waals surface area contributed by atoms with Crippen molar-refractivity contribution in [2.45, 2.75) is 69.3 Å². The average Bonchev–Trinajstić information content (AvgIpc) is 3.16. The van der Waals surface area contributed by atoms with Crippen molar-refractivity contribution in [1.82, 2.24) is 0 Å². The number of aliphatic carboxylic acids is 1. The van der Waals surface area contributed by atoms with Crippen molar-refractivity contribution < 1.29 is 19.7 Å². The Hall–Kier alpha value is -1.52. The largest absolute Gasteiger partial charge is 0.493 e. The van der Waals surface area contributed by atoms with Crippen LogP contribution in [-0.2, 0) is 11.2 Å². The number of carboxylic acids is 1. The topological polar surface area (TPSA) is 66.8 Å². The highest BCUT2D eigenvalue weighted by Gasteiger charge is 2.41. The van der Waals surface area contributed by atoms with E-state index in [1.54, 1.807) is 0 Å². The Labute approximate surface area is 172 Å². The van der Waals surface area contributed by atoms with Gasteiger partial charge in [-0.1, -0.05) is 31.2 Å². The quantitative estimate of drug-likeness (QED) is 0.347. The molecule has 0 aromatic heterocycles. The number of aliphatic hydroxyl groups excluding tert-OH is 1. The predicted octanol–water partition coefficient (Wildman–Crippen LogP) is 4.92. The smallest absolute Gasteiger partial charge is 0.303 e. The third-order valence-electron chi connectivity index (χ3n) is 6.27. The Bertz CT molecular complexity index is 702. The van der Waals surface area contributed by atoms with Gasteiger partial charge in [0.05, 0.1) is 12.7 Å². The Morgan fingerprint density at radius 3 is 2.93 bits per heavy atom. The average molecular weight is 407 g/mol. The molecule has 1 unspecified atom stereocenters. The number of hydrogen-bond acceptors (Lipinski definition) is 3. The zero-order valence-corrected chi connectivity index (χ0v) is 17.3. The number of fused-ring (bicyclic) bond motifs is 1. The van der Waals surface area contributed by atoms with Gasteiger partial charge in [-0.3, -0.25) is 4.79 Å². The zero-order chi connectivity index (χ0) is 20.1. The summed E-state index contributed by atoms with van der Waals surface area (Å²) >= 11 is 6.52. The van der Waals surface area contributed by atoms with E-state index in [2.05, 4.69) is 25.1 Å². The molecule has 0 aliphatic heterocycles. The van der Waals surface area contributed by atoms with Gasteiger partial charge < -0.3 is 14.9 Å². The van der Waals surface area contributed by atoms with Crippen LogP contribution in [0.1, 0.15) is 62.5 Å². The van der Waals surface area contributed by atoms with Crippen molar-refractivity contribution in [1.29, 1.82) is 0 Å². The Balaban J connectivity index is 1.56. The summed E-state index contributed by atoms with van der Waals surface area (Å²) < 4.78 is 6.19. The van der Waals surface area contributed by atoms with Crippen molar-refractivity contribution in [3.63, 3.8) is 0 Å². The molecule has 0 heterocycles. The lowest BCUT2D eigenvalue weighted by Crippen LogP contribution is -2.27. The number of carbonyl (C=O) groups is 1. The van der Waals surface area contributed by atoms with E-state index >= 15 is 0 Å². The molecule has 0 spiro atoms. The number of hydrogen-bond donors (Lipinski definition) is 2. The molecule has 0 bridgehead atoms. The SMILES string of the molecule is CC1CCc2c(OC[C@@H]3[C@@H](C/C=C\CCCC(=O)O)[C@H](Cl)C[C@H]3O)cccc21. The van der Waals surface area contributed by atoms with E-state index in [9.17, 15) is 9.90 Å². The van der Waals surface area contributed by atoms with Crippen molar-refractivity contribution in [2.24, 2.45) is 11.8 Å². The summed E-state index contributed by atoms with van der Waals surface area (Å²) in [6, 6.07) is 6.29. The molecule has 1 fully saturated rings. The first-order chi connectivity index (χ1) is 13.5. The Morgan fingerprint density at radius 2 is 2.14 bits per heavy atom. The van der Waals surface area contributed by atoms with E-state index in [1.807, 2.05) is 12.1 Å². The molecule has 1 saturated carbocycles. The normalized spacial score (nSPS) is 29.3. The second-order valence-electron chi connectivity index (χ2n) is 8.21. The molecule has 0 radical (unpaired) electrons. The predicted molar refractivity (Wildman–Crippen MR) is 111 cm³/mol. The van der Waals surface area contributed by atoms with Crippen LogP contribution in [0.2, 0.25) is 0 Å². The molecule has 1 aromatic carbocycles. The number of rotatable bonds is 9. The van der Waals surface area contributed by atoms with Gasteiger partial charge in [0.1, 0.15) is 5.75 Å². The van der Waals surface area contributed by atoms with Gasteiger partial charge in [0, 0.05) is 17.7 Å². The molecule has 28 heavy (non-hydrogen) atoms. The molecular weight excluding hydrogens is 376 g/mol. The summed E-state index contributed by atoms with van der Waals surface area (Å²) in [6.07, 6.45) is 8.87. The van der Waals surface area contributed by atoms with Gasteiger partial charge in [-0.15, -0.1) is 11.6 Å². The minimum Gasteiger partial charge on any atom is -0.493 e. The van der Waals surface area contributed by atoms with Gasteiger partial charge >= 0.3 is 5.97 Å². The first-order valence-corrected chi connectivity index (χ1v) is 10.8. The first-order valence-electron chi connectivity index (χ1n) is 10.4. The Morgan fingerprint density at radius 1 is 1.32 bits per heavy atom. The molecule has 0 saturated heterocycles. The number of carboxylic acid groups (broad SMARTS) is 1. The zero-order valence-electron chi connectivity index (χ0n) is 16.5. The molecule has 5 atom stereocenters. The maximum absolute atomic E-state index is 10.6. The van der Waals surface area contributed by atoms with Crippen molar-refractivity contribution >= 4 is 17.6 Å². The Kier molecular flexibility index (Phi) is 7.42. The van der Waals surface area contributed by atoms with Crippen LogP contribution < -0.4 is 4.74 Å². The molecule has 2 aliphatic carbocycles. The summed E-state index contributed by atoms with van der Waals surface area (Å²) in [5.41, 5.74) is 2.71. The second-order valence-corrected chi connectivity index (χ2v) is 8.78. The summed E-state index contributed by atoms with van der Waals surface area (Å²) in [5, 5.41) is 19.1. The maximum Gasteiger partial charge on any atom is 0.303 e. The molecular formula is C23H31ClO4. The summed E-state index contributed by atoms with van der Waals surface area (Å²) in [6.45, 7) is 2.74. The molecule has 3 rings (SSSR count). The molecule has 2 N–H and O–H groups in total. The standard InChI is InChI=1S/C23H31ClO4/c1-15-11-12-18-16(15)8-6-9-22(18)28-14-19-17(20(24)13-21(19)25)7-4-2-3-5-10-23(26)27/h2,4,6,8-9,15,17,19-21,25H,3,5,7,10-14H2,1H3,(H,26,27)/b4-2-/t15?,17-,19-,20-,21-/m1/s1. The van der Waals surface area contributed by atoms with E-state index in [0.717, 1.165) is 25.0 Å². The summed E-state index contributed by atoms with van der Waals surface area (Å²) in [5.74, 6) is 0.966. The fourth-order valence-electron chi connectivity index (χ4n) is 4.58. The van der Waals surface area contributed by atoms with Gasteiger partial charge in [-0.2, -0.15) is 0 Å². The summed E-state index contributed by atoms with van der Waals surface area (Å²) in [4.78, 5) is 10.6. The van der Waals surface area contributed by atoms with Gasteiger partial charge in [0.2, 0.25) is 0 Å². The van der Waals surface area contributed by atoms with Crippen LogP contribution in [0.15, 0.2) is 30.4 Å². The number of halogens is 1. The van der Waals surface area contributed by atoms with Crippen LogP contribution >= 0.6 is 11.6 Å². The second kappa shape index (κ2) is 9.80. The molecule has 154 valence electrons. The highest BCUT2D eigenvalue weighted by atomic mass is 35.5. The summed E-state index contributed by atoms with van der Waals surface area (Å²) in [7, 11) is 0. The molecule has 4 nitrogen and oxygen atoms in total. The van der Waals surface area contributed by atoms with E-state index in [1.165, 1.54) is 17.5 Å². The van der Waals surface area contributed by atoms with Crippen LogP contribution in [0.25, 0.3) is 0 Å². The van der Waals surface area contributed by atoms with Gasteiger partial charge in [-0.05, 0) is 67.6 Å².